The highest BCUT2D eigenvalue weighted by Gasteiger charge is 2.24. The highest BCUT2D eigenvalue weighted by atomic mass is 15.2. The number of likely N-dealkylation sites (tertiary alicyclic amines) is 1. The molecule has 0 bridgehead atoms. The largest absolute Gasteiger partial charge is 0.377 e. The molecule has 1 unspecified atom stereocenters. The molecule has 0 N–H and O–H groups in total. The molecule has 1 saturated heterocycles. The highest BCUT2D eigenvalue weighted by molar-refractivity contribution is 5.54. The van der Waals surface area contributed by atoms with E-state index in [-0.39, 0.29) is 0 Å². The van der Waals surface area contributed by atoms with Crippen molar-refractivity contribution in [2.45, 2.75) is 18.9 Å². The van der Waals surface area contributed by atoms with Crippen molar-refractivity contribution in [2.75, 3.05) is 32.6 Å². The van der Waals surface area contributed by atoms with Gasteiger partial charge in [0.05, 0.1) is 0 Å². The lowest BCUT2D eigenvalue weighted by atomic mass is 10.0. The van der Waals surface area contributed by atoms with Crippen LogP contribution in [0, 0.1) is 0 Å². The van der Waals surface area contributed by atoms with E-state index in [1.807, 2.05) is 0 Å². The van der Waals surface area contributed by atoms with E-state index in [1.54, 1.807) is 0 Å². The lowest BCUT2D eigenvalue weighted by Gasteiger charge is -2.25. The van der Waals surface area contributed by atoms with Crippen molar-refractivity contribution >= 4 is 5.69 Å². The number of hydrogen-bond donors (Lipinski definition) is 0. The molecule has 1 aliphatic heterocycles. The second-order valence-electron chi connectivity index (χ2n) is 4.59. The molecule has 1 aliphatic rings. The fraction of sp³-hybridized carbons (Fsp3) is 0.538. The van der Waals surface area contributed by atoms with E-state index in [0.717, 1.165) is 0 Å². The Morgan fingerprint density at radius 3 is 2.60 bits per heavy atom. The van der Waals surface area contributed by atoms with Gasteiger partial charge in [-0.25, -0.2) is 0 Å². The van der Waals surface area contributed by atoms with Gasteiger partial charge in [0, 0.05) is 25.8 Å². The number of nitrogens with zero attached hydrogens (tertiary/aromatic N) is 2. The van der Waals surface area contributed by atoms with Gasteiger partial charge >= 0.3 is 0 Å². The van der Waals surface area contributed by atoms with Crippen LogP contribution in [0.2, 0.25) is 0 Å². The molecule has 2 rings (SSSR count). The summed E-state index contributed by atoms with van der Waals surface area (Å²) in [5, 5.41) is 0. The van der Waals surface area contributed by atoms with Crippen LogP contribution in [0.5, 0.6) is 0 Å². The Kier molecular flexibility index (Phi) is 2.96. The van der Waals surface area contributed by atoms with Gasteiger partial charge in [-0.1, -0.05) is 18.2 Å². The molecule has 1 heterocycles. The van der Waals surface area contributed by atoms with Crippen LogP contribution in [-0.2, 0) is 0 Å². The molecule has 0 amide bonds. The molecule has 0 radical (unpaired) electrons. The second kappa shape index (κ2) is 4.23. The third kappa shape index (κ3) is 2.00. The van der Waals surface area contributed by atoms with Crippen molar-refractivity contribution in [3.63, 3.8) is 0 Å². The third-order valence-electron chi connectivity index (χ3n) is 3.30. The number of anilines is 1. The van der Waals surface area contributed by atoms with Gasteiger partial charge < -0.3 is 4.90 Å². The number of benzene rings is 1. The maximum Gasteiger partial charge on any atom is 0.0409 e. The molecule has 82 valence electrons. The molecule has 1 aromatic rings. The van der Waals surface area contributed by atoms with E-state index >= 15 is 0 Å². The van der Waals surface area contributed by atoms with E-state index in [0.29, 0.717) is 6.04 Å². The second-order valence-corrected chi connectivity index (χ2v) is 4.59. The predicted octanol–water partition coefficient (Wildman–Crippen LogP) is 2.52. The Bertz CT molecular complexity index is 333. The van der Waals surface area contributed by atoms with Crippen molar-refractivity contribution in [3.8, 4) is 0 Å². The smallest absolute Gasteiger partial charge is 0.0409 e. The van der Waals surface area contributed by atoms with Crippen molar-refractivity contribution in [1.82, 2.24) is 4.90 Å². The van der Waals surface area contributed by atoms with Crippen LogP contribution >= 0.6 is 0 Å². The molecular weight excluding hydrogens is 184 g/mol. The van der Waals surface area contributed by atoms with Gasteiger partial charge in [0.25, 0.3) is 0 Å². The molecule has 15 heavy (non-hydrogen) atoms. The molecule has 0 aliphatic carbocycles. The first kappa shape index (κ1) is 10.5. The molecule has 1 aromatic carbocycles. The third-order valence-corrected chi connectivity index (χ3v) is 3.30. The Morgan fingerprint density at radius 2 is 2.00 bits per heavy atom. The van der Waals surface area contributed by atoms with Gasteiger partial charge in [-0.05, 0) is 38.1 Å². The number of hydrogen-bond acceptors (Lipinski definition) is 2. The highest BCUT2D eigenvalue weighted by Crippen LogP contribution is 2.35. The van der Waals surface area contributed by atoms with E-state index in [1.165, 1.54) is 30.6 Å². The molecular formula is C13H20N2. The standard InChI is InChI=1S/C13H20N2/c1-14(2)12-8-5-4-7-11(12)13-9-6-10-15(13)3/h4-5,7-8,13H,6,9-10H2,1-3H3. The summed E-state index contributed by atoms with van der Waals surface area (Å²) in [6.45, 7) is 1.23. The summed E-state index contributed by atoms with van der Waals surface area (Å²) in [6, 6.07) is 9.36. The maximum absolute atomic E-state index is 2.46. The van der Waals surface area contributed by atoms with Gasteiger partial charge in [-0.3, -0.25) is 4.90 Å². The predicted molar refractivity (Wildman–Crippen MR) is 65.4 cm³/mol. The molecule has 0 spiro atoms. The van der Waals surface area contributed by atoms with Crippen LogP contribution < -0.4 is 4.90 Å². The summed E-state index contributed by atoms with van der Waals surface area (Å²) in [6.07, 6.45) is 2.62. The number of para-hydroxylation sites is 1. The Hall–Kier alpha value is -1.02. The topological polar surface area (TPSA) is 6.48 Å². The summed E-state index contributed by atoms with van der Waals surface area (Å²) < 4.78 is 0. The van der Waals surface area contributed by atoms with Gasteiger partial charge in [0.1, 0.15) is 0 Å². The zero-order valence-electron chi connectivity index (χ0n) is 9.90. The maximum atomic E-state index is 2.46. The average molecular weight is 204 g/mol. The minimum absolute atomic E-state index is 0.614. The van der Waals surface area contributed by atoms with Crippen LogP contribution in [0.4, 0.5) is 5.69 Å². The zero-order valence-corrected chi connectivity index (χ0v) is 9.90. The van der Waals surface area contributed by atoms with Crippen LogP contribution in [0.15, 0.2) is 24.3 Å². The Balaban J connectivity index is 2.34. The molecule has 2 heteroatoms. The normalized spacial score (nSPS) is 21.9. The molecule has 1 atom stereocenters. The zero-order chi connectivity index (χ0) is 10.8. The first-order chi connectivity index (χ1) is 7.20. The van der Waals surface area contributed by atoms with Crippen LogP contribution in [0.25, 0.3) is 0 Å². The fourth-order valence-electron chi connectivity index (χ4n) is 2.48. The summed E-state index contributed by atoms with van der Waals surface area (Å²) in [5.74, 6) is 0. The van der Waals surface area contributed by atoms with E-state index in [9.17, 15) is 0 Å². The SMILES string of the molecule is CN(C)c1ccccc1C1CCCN1C. The van der Waals surface area contributed by atoms with Gasteiger partial charge in [-0.15, -0.1) is 0 Å². The van der Waals surface area contributed by atoms with Gasteiger partial charge in [0.15, 0.2) is 0 Å². The van der Waals surface area contributed by atoms with Crippen molar-refractivity contribution in [1.29, 1.82) is 0 Å². The Morgan fingerprint density at radius 1 is 1.27 bits per heavy atom. The quantitative estimate of drug-likeness (QED) is 0.730. The minimum atomic E-state index is 0.614. The van der Waals surface area contributed by atoms with E-state index in [4.69, 9.17) is 0 Å². The first-order valence-corrected chi connectivity index (χ1v) is 5.66. The van der Waals surface area contributed by atoms with Gasteiger partial charge in [0.2, 0.25) is 0 Å². The summed E-state index contributed by atoms with van der Waals surface area (Å²) in [5.41, 5.74) is 2.83. The number of rotatable bonds is 2. The minimum Gasteiger partial charge on any atom is -0.377 e. The summed E-state index contributed by atoms with van der Waals surface area (Å²) in [4.78, 5) is 4.67. The molecule has 2 nitrogen and oxygen atoms in total. The molecule has 1 fully saturated rings. The monoisotopic (exact) mass is 204 g/mol. The summed E-state index contributed by atoms with van der Waals surface area (Å²) in [7, 11) is 6.46. The lowest BCUT2D eigenvalue weighted by Crippen LogP contribution is -2.20. The van der Waals surface area contributed by atoms with Crippen molar-refractivity contribution in [3.05, 3.63) is 29.8 Å². The van der Waals surface area contributed by atoms with E-state index in [2.05, 4.69) is 55.2 Å². The van der Waals surface area contributed by atoms with Crippen LogP contribution in [-0.4, -0.2) is 32.6 Å². The first-order valence-electron chi connectivity index (χ1n) is 5.66. The Labute approximate surface area is 92.5 Å². The molecule has 0 aromatic heterocycles. The van der Waals surface area contributed by atoms with E-state index < -0.39 is 0 Å². The lowest BCUT2D eigenvalue weighted by molar-refractivity contribution is 0.318. The van der Waals surface area contributed by atoms with Crippen molar-refractivity contribution in [2.24, 2.45) is 0 Å². The fourth-order valence-corrected chi connectivity index (χ4v) is 2.48. The van der Waals surface area contributed by atoms with Gasteiger partial charge in [-0.2, -0.15) is 0 Å². The summed E-state index contributed by atoms with van der Waals surface area (Å²) >= 11 is 0. The van der Waals surface area contributed by atoms with Crippen molar-refractivity contribution < 1.29 is 0 Å². The van der Waals surface area contributed by atoms with Crippen LogP contribution in [0.3, 0.4) is 0 Å². The molecule has 0 saturated carbocycles. The average Bonchev–Trinajstić information content (AvgIpc) is 2.64. The van der Waals surface area contributed by atoms with Crippen LogP contribution in [0.1, 0.15) is 24.4 Å².